The predicted octanol–water partition coefficient (Wildman–Crippen LogP) is -0.592. The van der Waals surface area contributed by atoms with Gasteiger partial charge in [-0.2, -0.15) is 0 Å². The van der Waals surface area contributed by atoms with Crippen molar-refractivity contribution < 1.29 is 29.2 Å². The van der Waals surface area contributed by atoms with Gasteiger partial charge in [-0.15, -0.1) is 0 Å². The smallest absolute Gasteiger partial charge is 0.331 e. The summed E-state index contributed by atoms with van der Waals surface area (Å²) in [5.41, 5.74) is -3.51. The fraction of sp³-hybridized carbons (Fsp3) is 0.421. The van der Waals surface area contributed by atoms with E-state index < -0.39 is 47.4 Å². The highest BCUT2D eigenvalue weighted by Crippen LogP contribution is 2.46. The van der Waals surface area contributed by atoms with Gasteiger partial charge in [-0.3, -0.25) is 19.1 Å². The molecule has 0 bridgehead atoms. The molecule has 0 saturated carbocycles. The van der Waals surface area contributed by atoms with Gasteiger partial charge in [0.1, 0.15) is 12.2 Å². The van der Waals surface area contributed by atoms with E-state index in [1.807, 2.05) is 4.98 Å². The number of aryl methyl sites for hydroxylation is 3. The lowest BCUT2D eigenvalue weighted by atomic mass is 9.86. The minimum atomic E-state index is -3.80. The number of halogens is 1. The van der Waals surface area contributed by atoms with E-state index in [1.54, 1.807) is 32.9 Å². The molecule has 1 aliphatic heterocycles. The molecule has 0 amide bonds. The van der Waals surface area contributed by atoms with Crippen LogP contribution < -0.4 is 11.2 Å². The second-order valence-corrected chi connectivity index (χ2v) is 7.18. The number of carbonyl (C=O) groups is 1. The summed E-state index contributed by atoms with van der Waals surface area (Å²) < 4.78 is 21.3. The van der Waals surface area contributed by atoms with Crippen molar-refractivity contribution >= 4 is 5.78 Å². The van der Waals surface area contributed by atoms with Gasteiger partial charge in [0.25, 0.3) is 17.1 Å². The quantitative estimate of drug-likeness (QED) is 0.495. The number of hydrogen-bond donors (Lipinski definition) is 4. The zero-order valence-electron chi connectivity index (χ0n) is 16.0. The molecule has 1 aliphatic rings. The molecule has 3 rings (SSSR count). The van der Waals surface area contributed by atoms with Crippen LogP contribution in [0.3, 0.4) is 0 Å². The predicted molar refractivity (Wildman–Crippen MR) is 98.3 cm³/mol. The summed E-state index contributed by atoms with van der Waals surface area (Å²) in [5.74, 6) is -4.95. The lowest BCUT2D eigenvalue weighted by molar-refractivity contribution is -0.234. The number of aromatic amines is 1. The average Bonchev–Trinajstić information content (AvgIpc) is 2.81. The van der Waals surface area contributed by atoms with E-state index in [2.05, 4.69) is 0 Å². The number of Topliss-reactive ketones (excluding diaryl/α,β-unsaturated/α-hetero) is 1. The molecule has 0 radical (unpaired) electrons. The van der Waals surface area contributed by atoms with Gasteiger partial charge in [-0.05, 0) is 31.9 Å². The van der Waals surface area contributed by atoms with Gasteiger partial charge in [-0.25, -0.2) is 9.18 Å². The lowest BCUT2D eigenvalue weighted by Crippen LogP contribution is -2.62. The van der Waals surface area contributed by atoms with Crippen LogP contribution in [-0.4, -0.2) is 55.3 Å². The molecule has 2 heterocycles. The van der Waals surface area contributed by atoms with Crippen molar-refractivity contribution in [1.82, 2.24) is 9.55 Å². The van der Waals surface area contributed by atoms with Crippen LogP contribution in [0.15, 0.2) is 34.0 Å². The van der Waals surface area contributed by atoms with Crippen molar-refractivity contribution in [2.24, 2.45) is 0 Å². The highest BCUT2D eigenvalue weighted by atomic mass is 19.2. The molecule has 1 aromatic carbocycles. The van der Waals surface area contributed by atoms with Gasteiger partial charge in [0, 0.05) is 17.8 Å². The van der Waals surface area contributed by atoms with E-state index in [-0.39, 0.29) is 5.56 Å². The summed E-state index contributed by atoms with van der Waals surface area (Å²) in [4.78, 5) is 39.4. The number of carbonyl (C=O) groups excluding carboxylic acids is 1. The Labute approximate surface area is 164 Å². The molecular weight excluding hydrogens is 387 g/mol. The van der Waals surface area contributed by atoms with Gasteiger partial charge in [-0.1, -0.05) is 17.7 Å². The molecule has 10 heteroatoms. The number of nitrogens with one attached hydrogen (secondary N) is 1. The molecule has 0 spiro atoms. The van der Waals surface area contributed by atoms with Crippen LogP contribution in [0.4, 0.5) is 4.39 Å². The van der Waals surface area contributed by atoms with Crippen LogP contribution in [0.2, 0.25) is 0 Å². The van der Waals surface area contributed by atoms with Crippen molar-refractivity contribution in [2.75, 3.05) is 6.61 Å². The van der Waals surface area contributed by atoms with Crippen molar-refractivity contribution in [1.29, 1.82) is 0 Å². The fourth-order valence-corrected chi connectivity index (χ4v) is 3.87. The van der Waals surface area contributed by atoms with Gasteiger partial charge in [0.15, 0.2) is 0 Å². The number of ketones is 1. The molecule has 1 fully saturated rings. The summed E-state index contributed by atoms with van der Waals surface area (Å²) in [7, 11) is 0. The van der Waals surface area contributed by atoms with Gasteiger partial charge in [0.2, 0.25) is 5.78 Å². The minimum absolute atomic E-state index is 0.0319. The molecule has 0 aliphatic carbocycles. The monoisotopic (exact) mass is 408 g/mol. The van der Waals surface area contributed by atoms with E-state index in [0.717, 1.165) is 17.8 Å². The number of hydrogen-bond acceptors (Lipinski definition) is 7. The number of ether oxygens (including phenoxy) is 1. The number of benzene rings is 1. The summed E-state index contributed by atoms with van der Waals surface area (Å²) in [6.07, 6.45) is -3.27. The molecule has 9 nitrogen and oxygen atoms in total. The van der Waals surface area contributed by atoms with E-state index in [1.165, 1.54) is 0 Å². The number of H-pyrrole nitrogens is 1. The third-order valence-electron chi connectivity index (χ3n) is 5.10. The highest BCUT2D eigenvalue weighted by molar-refractivity contribution is 6.04. The van der Waals surface area contributed by atoms with E-state index >= 15 is 4.39 Å². The van der Waals surface area contributed by atoms with Crippen LogP contribution in [0.5, 0.6) is 0 Å². The second kappa shape index (κ2) is 6.99. The molecule has 1 saturated heterocycles. The second-order valence-electron chi connectivity index (χ2n) is 7.18. The molecule has 4 N–H and O–H groups in total. The first-order valence-electron chi connectivity index (χ1n) is 8.80. The fourth-order valence-electron chi connectivity index (χ4n) is 3.87. The van der Waals surface area contributed by atoms with Gasteiger partial charge >= 0.3 is 5.69 Å². The largest absolute Gasteiger partial charge is 0.394 e. The third-order valence-corrected chi connectivity index (χ3v) is 5.10. The molecule has 0 unspecified atom stereocenters. The van der Waals surface area contributed by atoms with Crippen LogP contribution in [0, 0.1) is 20.8 Å². The summed E-state index contributed by atoms with van der Waals surface area (Å²) >= 11 is 0. The van der Waals surface area contributed by atoms with E-state index in [4.69, 9.17) is 4.74 Å². The third kappa shape index (κ3) is 2.96. The normalized spacial score (nSPS) is 29.2. The Bertz CT molecular complexity index is 1070. The SMILES string of the molecule is Cc1cc(C)c(C(=O)[C@@]2(n3ccc(=O)[nH]c3=O)O[C@H](CO)[C@@H](O)[C@]2(O)F)c(C)c1. The van der Waals surface area contributed by atoms with Crippen molar-refractivity contribution in [3.05, 3.63) is 67.5 Å². The van der Waals surface area contributed by atoms with Crippen LogP contribution in [0.25, 0.3) is 0 Å². The zero-order valence-corrected chi connectivity index (χ0v) is 16.0. The Morgan fingerprint density at radius 1 is 1.28 bits per heavy atom. The van der Waals surface area contributed by atoms with Crippen LogP contribution >= 0.6 is 0 Å². The number of aliphatic hydroxyl groups excluding tert-OH is 2. The molecule has 2 aromatic rings. The zero-order chi connectivity index (χ0) is 21.7. The van der Waals surface area contributed by atoms with Crippen molar-refractivity contribution in [3.63, 3.8) is 0 Å². The van der Waals surface area contributed by atoms with Crippen molar-refractivity contribution in [3.8, 4) is 0 Å². The summed E-state index contributed by atoms with van der Waals surface area (Å²) in [6.45, 7) is 4.03. The first kappa shape index (κ1) is 21.1. The molecule has 29 heavy (non-hydrogen) atoms. The van der Waals surface area contributed by atoms with E-state index in [9.17, 15) is 29.7 Å². The number of alkyl halides is 1. The summed E-state index contributed by atoms with van der Waals surface area (Å²) in [6, 6.07) is 4.13. The minimum Gasteiger partial charge on any atom is -0.394 e. The number of nitrogens with zero attached hydrogens (tertiary/aromatic N) is 1. The maximum Gasteiger partial charge on any atom is 0.331 e. The molecular formula is C19H21FN2O7. The standard InChI is InChI=1S/C19H21FN2O7/c1-9-6-10(2)14(11(3)7-9)16(26)19(22-5-4-13(24)21-17(22)27)18(20,28)15(25)12(8-23)29-19/h4-7,12,15,23,25,28H,8H2,1-3H3,(H,21,24,27)/t12-,15-,18-,19-/m1/s1. The van der Waals surface area contributed by atoms with Gasteiger partial charge < -0.3 is 20.1 Å². The van der Waals surface area contributed by atoms with Crippen LogP contribution in [0.1, 0.15) is 27.0 Å². The number of rotatable bonds is 4. The number of aromatic nitrogens is 2. The average molecular weight is 408 g/mol. The first-order chi connectivity index (χ1) is 13.5. The Morgan fingerprint density at radius 3 is 2.34 bits per heavy atom. The van der Waals surface area contributed by atoms with Gasteiger partial charge in [0.05, 0.1) is 6.61 Å². The number of aliphatic hydroxyl groups is 3. The maximum absolute atomic E-state index is 15.6. The maximum atomic E-state index is 15.6. The van der Waals surface area contributed by atoms with Crippen LogP contribution in [-0.2, 0) is 10.5 Å². The van der Waals surface area contributed by atoms with Crippen molar-refractivity contribution in [2.45, 2.75) is 44.6 Å². The van der Waals surface area contributed by atoms with E-state index in [0.29, 0.717) is 15.7 Å². The molecule has 1 aromatic heterocycles. The highest BCUT2D eigenvalue weighted by Gasteiger charge is 2.72. The lowest BCUT2D eigenvalue weighted by Gasteiger charge is -2.36. The Morgan fingerprint density at radius 2 is 1.86 bits per heavy atom. The summed E-state index contributed by atoms with van der Waals surface area (Å²) in [5, 5.41) is 30.2. The Hall–Kier alpha value is -2.66. The molecule has 4 atom stereocenters. The first-order valence-corrected chi connectivity index (χ1v) is 8.80. The molecule has 156 valence electrons. The Kier molecular flexibility index (Phi) is 5.08. The topological polar surface area (TPSA) is 142 Å². The Balaban J connectivity index is 2.38.